The first-order chi connectivity index (χ1) is 10.4. The van der Waals surface area contributed by atoms with Gasteiger partial charge in [0.05, 0.1) is 18.4 Å². The van der Waals surface area contributed by atoms with Crippen LogP contribution in [0.2, 0.25) is 0 Å². The van der Waals surface area contributed by atoms with E-state index in [4.69, 9.17) is 0 Å². The second kappa shape index (κ2) is 7.42. The zero-order chi connectivity index (χ0) is 17.8. The van der Waals surface area contributed by atoms with Crippen LogP contribution in [0.5, 0.6) is 0 Å². The Kier molecular flexibility index (Phi) is 6.33. The summed E-state index contributed by atoms with van der Waals surface area (Å²) in [5.41, 5.74) is 1.88. The van der Waals surface area contributed by atoms with Crippen molar-refractivity contribution < 1.29 is 18.3 Å². The molecule has 130 valence electrons. The minimum absolute atomic E-state index is 0.0173. The largest absolute Gasteiger partial charge is 0.387 e. The lowest BCUT2D eigenvalue weighted by Gasteiger charge is -2.20. The SMILES string of the molecule is C[C@H](NS(C)(=O)=O)C(=O)NC[C@@H](O)c1ccc(C(C)(C)C)cc1. The van der Waals surface area contributed by atoms with Crippen molar-refractivity contribution in [2.24, 2.45) is 0 Å². The van der Waals surface area contributed by atoms with Crippen molar-refractivity contribution >= 4 is 15.9 Å². The molecule has 0 heterocycles. The van der Waals surface area contributed by atoms with Gasteiger partial charge in [-0.05, 0) is 23.5 Å². The van der Waals surface area contributed by atoms with E-state index in [9.17, 15) is 18.3 Å². The van der Waals surface area contributed by atoms with E-state index in [2.05, 4.69) is 30.8 Å². The van der Waals surface area contributed by atoms with Crippen molar-refractivity contribution in [2.45, 2.75) is 45.3 Å². The first-order valence-corrected chi connectivity index (χ1v) is 9.33. The van der Waals surface area contributed by atoms with Crippen molar-refractivity contribution in [1.29, 1.82) is 0 Å². The summed E-state index contributed by atoms with van der Waals surface area (Å²) in [7, 11) is -3.45. The maximum absolute atomic E-state index is 11.8. The van der Waals surface area contributed by atoms with Crippen LogP contribution in [0.3, 0.4) is 0 Å². The Morgan fingerprint density at radius 3 is 2.17 bits per heavy atom. The number of carbonyl (C=O) groups is 1. The standard InChI is InChI=1S/C16H26N2O4S/c1-11(18-23(5,21)22)15(20)17-10-14(19)12-6-8-13(9-7-12)16(2,3)4/h6-9,11,14,18-19H,10H2,1-5H3,(H,17,20)/t11-,14+/m0/s1. The van der Waals surface area contributed by atoms with E-state index in [1.54, 1.807) is 0 Å². The summed E-state index contributed by atoms with van der Waals surface area (Å²) in [4.78, 5) is 11.8. The fourth-order valence-electron chi connectivity index (χ4n) is 2.05. The topological polar surface area (TPSA) is 95.5 Å². The normalized spacial score (nSPS) is 15.0. The Balaban J connectivity index is 2.60. The molecule has 0 aliphatic carbocycles. The number of rotatable bonds is 6. The maximum Gasteiger partial charge on any atom is 0.237 e. The van der Waals surface area contributed by atoms with Crippen LogP contribution in [0.1, 0.15) is 44.9 Å². The smallest absolute Gasteiger partial charge is 0.237 e. The Hall–Kier alpha value is -1.44. The molecule has 2 atom stereocenters. The number of carbonyl (C=O) groups excluding carboxylic acids is 1. The van der Waals surface area contributed by atoms with Gasteiger partial charge < -0.3 is 10.4 Å². The van der Waals surface area contributed by atoms with Crippen molar-refractivity contribution in [3.05, 3.63) is 35.4 Å². The second-order valence-electron chi connectivity index (χ2n) is 6.74. The molecular formula is C16H26N2O4S. The number of nitrogens with one attached hydrogen (secondary N) is 2. The summed E-state index contributed by atoms with van der Waals surface area (Å²) in [5.74, 6) is -0.485. The summed E-state index contributed by atoms with van der Waals surface area (Å²) < 4.78 is 24.3. The van der Waals surface area contributed by atoms with Crippen molar-refractivity contribution in [3.63, 3.8) is 0 Å². The summed E-state index contributed by atoms with van der Waals surface area (Å²) in [6.07, 6.45) is 0.140. The fraction of sp³-hybridized carbons (Fsp3) is 0.562. The molecule has 0 fully saturated rings. The lowest BCUT2D eigenvalue weighted by atomic mass is 9.86. The Bertz CT molecular complexity index is 633. The van der Waals surface area contributed by atoms with Crippen LogP contribution in [0.4, 0.5) is 0 Å². The minimum Gasteiger partial charge on any atom is -0.387 e. The molecule has 1 aromatic rings. The molecule has 6 nitrogen and oxygen atoms in total. The van der Waals surface area contributed by atoms with Crippen molar-refractivity contribution in [2.75, 3.05) is 12.8 Å². The van der Waals surface area contributed by atoms with Gasteiger partial charge in [0.15, 0.2) is 0 Å². The molecule has 23 heavy (non-hydrogen) atoms. The van der Waals surface area contributed by atoms with Gasteiger partial charge in [-0.15, -0.1) is 0 Å². The number of hydrogen-bond acceptors (Lipinski definition) is 4. The average Bonchev–Trinajstić information content (AvgIpc) is 2.41. The quantitative estimate of drug-likeness (QED) is 0.721. The summed E-state index contributed by atoms with van der Waals surface area (Å²) in [6.45, 7) is 7.78. The van der Waals surface area contributed by atoms with Gasteiger partial charge in [-0.3, -0.25) is 4.79 Å². The van der Waals surface area contributed by atoms with Crippen LogP contribution in [0, 0.1) is 0 Å². The van der Waals surface area contributed by atoms with Crippen molar-refractivity contribution in [1.82, 2.24) is 10.0 Å². The van der Waals surface area contributed by atoms with Gasteiger partial charge in [0.25, 0.3) is 0 Å². The molecule has 1 amide bonds. The first-order valence-electron chi connectivity index (χ1n) is 7.43. The van der Waals surface area contributed by atoms with E-state index in [-0.39, 0.29) is 12.0 Å². The third-order valence-electron chi connectivity index (χ3n) is 3.42. The van der Waals surface area contributed by atoms with Gasteiger partial charge >= 0.3 is 0 Å². The van der Waals surface area contributed by atoms with Crippen LogP contribution in [-0.4, -0.2) is 38.3 Å². The highest BCUT2D eigenvalue weighted by Crippen LogP contribution is 2.23. The molecule has 0 aliphatic rings. The number of aliphatic hydroxyl groups excluding tert-OH is 1. The van der Waals surface area contributed by atoms with Gasteiger partial charge in [-0.25, -0.2) is 13.1 Å². The number of benzene rings is 1. The maximum atomic E-state index is 11.8. The highest BCUT2D eigenvalue weighted by Gasteiger charge is 2.18. The van der Waals surface area contributed by atoms with E-state index >= 15 is 0 Å². The molecule has 0 saturated carbocycles. The molecular weight excluding hydrogens is 316 g/mol. The molecule has 0 bridgehead atoms. The summed E-state index contributed by atoms with van der Waals surface area (Å²) >= 11 is 0. The summed E-state index contributed by atoms with van der Waals surface area (Å²) in [6, 6.07) is 6.67. The number of aliphatic hydroxyl groups is 1. The van der Waals surface area contributed by atoms with E-state index in [1.165, 1.54) is 6.92 Å². The minimum atomic E-state index is -3.45. The zero-order valence-electron chi connectivity index (χ0n) is 14.3. The monoisotopic (exact) mass is 342 g/mol. The predicted octanol–water partition coefficient (Wildman–Crippen LogP) is 1.07. The molecule has 1 aromatic carbocycles. The molecule has 7 heteroatoms. The van der Waals surface area contributed by atoms with Gasteiger partial charge in [0.2, 0.25) is 15.9 Å². The van der Waals surface area contributed by atoms with Crippen LogP contribution in [0.25, 0.3) is 0 Å². The second-order valence-corrected chi connectivity index (χ2v) is 8.52. The van der Waals surface area contributed by atoms with Crippen LogP contribution < -0.4 is 10.0 Å². The molecule has 0 aromatic heterocycles. The van der Waals surface area contributed by atoms with Crippen LogP contribution in [0.15, 0.2) is 24.3 Å². The highest BCUT2D eigenvalue weighted by atomic mass is 32.2. The van der Waals surface area contributed by atoms with Crippen molar-refractivity contribution in [3.8, 4) is 0 Å². The molecule has 0 spiro atoms. The zero-order valence-corrected chi connectivity index (χ0v) is 15.1. The lowest BCUT2D eigenvalue weighted by Crippen LogP contribution is -2.45. The Morgan fingerprint density at radius 1 is 1.22 bits per heavy atom. The predicted molar refractivity (Wildman–Crippen MR) is 90.6 cm³/mol. The van der Waals surface area contributed by atoms with E-state index in [0.717, 1.165) is 11.8 Å². The summed E-state index contributed by atoms with van der Waals surface area (Å²) in [5, 5.41) is 12.7. The molecule has 0 aliphatic heterocycles. The van der Waals surface area contributed by atoms with Crippen LogP contribution in [-0.2, 0) is 20.2 Å². The fourth-order valence-corrected chi connectivity index (χ4v) is 2.80. The molecule has 0 unspecified atom stereocenters. The molecule has 1 rings (SSSR count). The molecule has 0 saturated heterocycles. The number of amides is 1. The van der Waals surface area contributed by atoms with Gasteiger partial charge in [0.1, 0.15) is 0 Å². The Morgan fingerprint density at radius 2 is 1.74 bits per heavy atom. The van der Waals surface area contributed by atoms with E-state index < -0.39 is 28.1 Å². The lowest BCUT2D eigenvalue weighted by molar-refractivity contribution is -0.122. The van der Waals surface area contributed by atoms with E-state index in [0.29, 0.717) is 5.56 Å². The van der Waals surface area contributed by atoms with Crippen LogP contribution >= 0.6 is 0 Å². The van der Waals surface area contributed by atoms with Gasteiger partial charge in [-0.2, -0.15) is 0 Å². The highest BCUT2D eigenvalue weighted by molar-refractivity contribution is 7.88. The number of sulfonamides is 1. The third-order valence-corrected chi connectivity index (χ3v) is 4.20. The molecule has 3 N–H and O–H groups in total. The van der Waals surface area contributed by atoms with Gasteiger partial charge in [0, 0.05) is 6.54 Å². The van der Waals surface area contributed by atoms with Gasteiger partial charge in [-0.1, -0.05) is 45.0 Å². The average molecular weight is 342 g/mol. The number of hydrogen-bond donors (Lipinski definition) is 3. The first kappa shape index (κ1) is 19.6. The Labute approximate surface area is 138 Å². The van der Waals surface area contributed by atoms with E-state index in [1.807, 2.05) is 24.3 Å². The molecule has 0 radical (unpaired) electrons. The third kappa shape index (κ3) is 6.68.